The normalized spacial score (nSPS) is 12.0. The van der Waals surface area contributed by atoms with Crippen LogP contribution in [0.2, 0.25) is 0 Å². The van der Waals surface area contributed by atoms with Gasteiger partial charge in [0.25, 0.3) is 0 Å². The van der Waals surface area contributed by atoms with Gasteiger partial charge in [-0.2, -0.15) is 0 Å². The molecule has 0 bridgehead atoms. The molecule has 2 rings (SSSR count). The van der Waals surface area contributed by atoms with Gasteiger partial charge in [-0.25, -0.2) is 4.98 Å². The number of benzene rings is 1. The lowest BCUT2D eigenvalue weighted by molar-refractivity contribution is 0.406. The van der Waals surface area contributed by atoms with Crippen LogP contribution in [0.5, 0.6) is 0 Å². The number of fused-ring (bicyclic) bond motifs is 1. The SMILES string of the molecule is CC(C)(C)Cc1cnc2cc(Br)ccc2n1. The Morgan fingerprint density at radius 2 is 1.94 bits per heavy atom. The van der Waals surface area contributed by atoms with Gasteiger partial charge in [0, 0.05) is 10.7 Å². The molecule has 0 aliphatic heterocycles. The van der Waals surface area contributed by atoms with E-state index < -0.39 is 0 Å². The van der Waals surface area contributed by atoms with E-state index in [9.17, 15) is 0 Å². The van der Waals surface area contributed by atoms with Crippen LogP contribution in [-0.2, 0) is 6.42 Å². The van der Waals surface area contributed by atoms with Crippen LogP contribution >= 0.6 is 15.9 Å². The van der Waals surface area contributed by atoms with Crippen LogP contribution in [0.4, 0.5) is 0 Å². The van der Waals surface area contributed by atoms with Crippen molar-refractivity contribution in [3.05, 3.63) is 34.6 Å². The van der Waals surface area contributed by atoms with Crippen LogP contribution in [0.25, 0.3) is 11.0 Å². The topological polar surface area (TPSA) is 25.8 Å². The number of rotatable bonds is 1. The molecule has 0 fully saturated rings. The highest BCUT2D eigenvalue weighted by Crippen LogP contribution is 2.21. The van der Waals surface area contributed by atoms with Gasteiger partial charge in [0.2, 0.25) is 0 Å². The molecular weight excluding hydrogens is 264 g/mol. The first-order valence-electron chi connectivity index (χ1n) is 5.35. The molecule has 0 spiro atoms. The summed E-state index contributed by atoms with van der Waals surface area (Å²) in [7, 11) is 0. The Kier molecular flexibility index (Phi) is 2.98. The summed E-state index contributed by atoms with van der Waals surface area (Å²) in [5, 5.41) is 0. The molecule has 2 aromatic rings. The molecule has 1 heterocycles. The molecule has 0 N–H and O–H groups in total. The summed E-state index contributed by atoms with van der Waals surface area (Å²) in [4.78, 5) is 9.05. The van der Waals surface area contributed by atoms with E-state index in [0.717, 1.165) is 27.6 Å². The summed E-state index contributed by atoms with van der Waals surface area (Å²) >= 11 is 3.43. The van der Waals surface area contributed by atoms with Crippen LogP contribution < -0.4 is 0 Å². The Labute approximate surface area is 104 Å². The fraction of sp³-hybridized carbons (Fsp3) is 0.385. The lowest BCUT2D eigenvalue weighted by atomic mass is 9.91. The van der Waals surface area contributed by atoms with Gasteiger partial charge in [-0.05, 0) is 30.0 Å². The molecule has 0 unspecified atom stereocenters. The zero-order valence-electron chi connectivity index (χ0n) is 9.79. The maximum atomic E-state index is 4.62. The van der Waals surface area contributed by atoms with E-state index in [2.05, 4.69) is 46.7 Å². The minimum absolute atomic E-state index is 0.248. The Hall–Kier alpha value is -0.960. The highest BCUT2D eigenvalue weighted by molar-refractivity contribution is 9.10. The van der Waals surface area contributed by atoms with Gasteiger partial charge in [-0.3, -0.25) is 4.98 Å². The average Bonchev–Trinajstić information content (AvgIpc) is 2.16. The number of hydrogen-bond acceptors (Lipinski definition) is 2. The zero-order chi connectivity index (χ0) is 11.8. The molecule has 0 saturated carbocycles. The van der Waals surface area contributed by atoms with E-state index >= 15 is 0 Å². The molecule has 16 heavy (non-hydrogen) atoms. The molecule has 0 radical (unpaired) electrons. The highest BCUT2D eigenvalue weighted by Gasteiger charge is 2.12. The van der Waals surface area contributed by atoms with Gasteiger partial charge in [-0.1, -0.05) is 36.7 Å². The fourth-order valence-electron chi connectivity index (χ4n) is 1.65. The lowest BCUT2D eigenvalue weighted by Crippen LogP contribution is -2.10. The minimum Gasteiger partial charge on any atom is -0.253 e. The van der Waals surface area contributed by atoms with E-state index in [0.29, 0.717) is 0 Å². The van der Waals surface area contributed by atoms with E-state index in [1.54, 1.807) is 0 Å². The fourth-order valence-corrected chi connectivity index (χ4v) is 2.00. The second kappa shape index (κ2) is 4.13. The molecule has 0 atom stereocenters. The highest BCUT2D eigenvalue weighted by atomic mass is 79.9. The van der Waals surface area contributed by atoms with Gasteiger partial charge in [0.05, 0.1) is 16.7 Å². The smallest absolute Gasteiger partial charge is 0.0898 e. The van der Waals surface area contributed by atoms with Crippen LogP contribution in [0.15, 0.2) is 28.9 Å². The molecule has 1 aromatic carbocycles. The first-order chi connectivity index (χ1) is 7.44. The summed E-state index contributed by atoms with van der Waals surface area (Å²) in [6.07, 6.45) is 2.83. The number of aromatic nitrogens is 2. The second-order valence-corrected chi connectivity index (χ2v) is 6.15. The maximum Gasteiger partial charge on any atom is 0.0898 e. The predicted molar refractivity (Wildman–Crippen MR) is 70.4 cm³/mol. The van der Waals surface area contributed by atoms with Gasteiger partial charge in [0.1, 0.15) is 0 Å². The second-order valence-electron chi connectivity index (χ2n) is 5.23. The first-order valence-corrected chi connectivity index (χ1v) is 6.14. The van der Waals surface area contributed by atoms with Crippen molar-refractivity contribution in [3.8, 4) is 0 Å². The van der Waals surface area contributed by atoms with Crippen molar-refractivity contribution in [1.82, 2.24) is 9.97 Å². The summed E-state index contributed by atoms with van der Waals surface area (Å²) in [5.74, 6) is 0. The Bertz CT molecular complexity index is 515. The molecule has 0 saturated heterocycles. The van der Waals surface area contributed by atoms with Gasteiger partial charge < -0.3 is 0 Å². The first kappa shape index (κ1) is 11.5. The molecular formula is C13H15BrN2. The monoisotopic (exact) mass is 278 g/mol. The third kappa shape index (κ3) is 2.79. The van der Waals surface area contributed by atoms with E-state index in [4.69, 9.17) is 0 Å². The van der Waals surface area contributed by atoms with Crippen LogP contribution in [0.3, 0.4) is 0 Å². The minimum atomic E-state index is 0.248. The van der Waals surface area contributed by atoms with Gasteiger partial charge >= 0.3 is 0 Å². The molecule has 2 nitrogen and oxygen atoms in total. The third-order valence-corrected chi connectivity index (χ3v) is 2.76. The van der Waals surface area contributed by atoms with Crippen LogP contribution in [-0.4, -0.2) is 9.97 Å². The standard InChI is InChI=1S/C13H15BrN2/c1-13(2,3)7-10-8-15-12-6-9(14)4-5-11(12)16-10/h4-6,8H,7H2,1-3H3. The van der Waals surface area contributed by atoms with Crippen molar-refractivity contribution in [2.75, 3.05) is 0 Å². The van der Waals surface area contributed by atoms with Crippen molar-refractivity contribution in [1.29, 1.82) is 0 Å². The Morgan fingerprint density at radius 1 is 1.19 bits per heavy atom. The van der Waals surface area contributed by atoms with Crippen molar-refractivity contribution >= 4 is 27.0 Å². The lowest BCUT2D eigenvalue weighted by Gasteiger charge is -2.17. The molecule has 84 valence electrons. The molecule has 0 aliphatic carbocycles. The average molecular weight is 279 g/mol. The van der Waals surface area contributed by atoms with Crippen LogP contribution in [0.1, 0.15) is 26.5 Å². The van der Waals surface area contributed by atoms with Gasteiger partial charge in [-0.15, -0.1) is 0 Å². The van der Waals surface area contributed by atoms with E-state index in [-0.39, 0.29) is 5.41 Å². The number of hydrogen-bond donors (Lipinski definition) is 0. The van der Waals surface area contributed by atoms with E-state index in [1.807, 2.05) is 24.4 Å². The molecule has 0 amide bonds. The van der Waals surface area contributed by atoms with Crippen molar-refractivity contribution < 1.29 is 0 Å². The number of nitrogens with zero attached hydrogens (tertiary/aromatic N) is 2. The zero-order valence-corrected chi connectivity index (χ0v) is 11.4. The summed E-state index contributed by atoms with van der Waals surface area (Å²) in [6.45, 7) is 6.63. The predicted octanol–water partition coefficient (Wildman–Crippen LogP) is 3.98. The quantitative estimate of drug-likeness (QED) is 0.789. The van der Waals surface area contributed by atoms with Crippen molar-refractivity contribution in [3.63, 3.8) is 0 Å². The van der Waals surface area contributed by atoms with Crippen molar-refractivity contribution in [2.45, 2.75) is 27.2 Å². The molecule has 1 aromatic heterocycles. The van der Waals surface area contributed by atoms with Gasteiger partial charge in [0.15, 0.2) is 0 Å². The van der Waals surface area contributed by atoms with E-state index in [1.165, 1.54) is 0 Å². The summed E-state index contributed by atoms with van der Waals surface area (Å²) in [6, 6.07) is 5.99. The maximum absolute atomic E-state index is 4.62. The summed E-state index contributed by atoms with van der Waals surface area (Å²) in [5.41, 5.74) is 3.21. The number of halogens is 1. The third-order valence-electron chi connectivity index (χ3n) is 2.27. The largest absolute Gasteiger partial charge is 0.253 e. The molecule has 3 heteroatoms. The summed E-state index contributed by atoms with van der Waals surface area (Å²) < 4.78 is 1.04. The Balaban J connectivity index is 2.41. The molecule has 0 aliphatic rings. The van der Waals surface area contributed by atoms with Crippen LogP contribution in [0, 0.1) is 5.41 Å². The Morgan fingerprint density at radius 3 is 2.62 bits per heavy atom. The van der Waals surface area contributed by atoms with Crippen molar-refractivity contribution in [2.24, 2.45) is 5.41 Å².